The number of nitrogen functional groups attached to an aromatic ring is 1. The van der Waals surface area contributed by atoms with Crippen LogP contribution >= 0.6 is 0 Å². The van der Waals surface area contributed by atoms with Gasteiger partial charge in [0.1, 0.15) is 12.0 Å². The molecule has 1 aliphatic rings. The van der Waals surface area contributed by atoms with Crippen LogP contribution in [0.15, 0.2) is 30.6 Å². The third-order valence-electron chi connectivity index (χ3n) is 3.89. The second-order valence-corrected chi connectivity index (χ2v) is 5.60. The van der Waals surface area contributed by atoms with Crippen LogP contribution in [0, 0.1) is 0 Å². The van der Waals surface area contributed by atoms with Crippen molar-refractivity contribution in [1.29, 1.82) is 0 Å². The molecule has 3 N–H and O–H groups in total. The zero-order valence-corrected chi connectivity index (χ0v) is 13.9. The van der Waals surface area contributed by atoms with E-state index in [1.54, 1.807) is 13.2 Å². The molecule has 0 aliphatic carbocycles. The Labute approximate surface area is 141 Å². The number of methoxy groups -OCH3 is 1. The number of nitrogens with one attached hydrogen (secondary N) is 1. The van der Waals surface area contributed by atoms with E-state index in [-0.39, 0.29) is 0 Å². The van der Waals surface area contributed by atoms with Gasteiger partial charge in [0.2, 0.25) is 5.88 Å². The van der Waals surface area contributed by atoms with Crippen molar-refractivity contribution in [3.05, 3.63) is 30.6 Å². The SMILES string of the molecule is COc1ccccc1Oc1ncnc(NN2CCN(C)CC2)c1N. The van der Waals surface area contributed by atoms with E-state index in [1.807, 2.05) is 18.2 Å². The van der Waals surface area contributed by atoms with Gasteiger partial charge in [-0.05, 0) is 19.2 Å². The van der Waals surface area contributed by atoms with Gasteiger partial charge in [-0.25, -0.2) is 9.99 Å². The molecule has 1 aliphatic heterocycles. The average molecular weight is 330 g/mol. The van der Waals surface area contributed by atoms with Crippen LogP contribution < -0.4 is 20.6 Å². The summed E-state index contributed by atoms with van der Waals surface area (Å²) in [6.07, 6.45) is 1.43. The summed E-state index contributed by atoms with van der Waals surface area (Å²) in [5.41, 5.74) is 9.78. The Morgan fingerprint density at radius 1 is 1.08 bits per heavy atom. The molecule has 0 atom stereocenters. The monoisotopic (exact) mass is 330 g/mol. The topological polar surface area (TPSA) is 88.8 Å². The van der Waals surface area contributed by atoms with Crippen LogP contribution in [0.2, 0.25) is 0 Å². The van der Waals surface area contributed by atoms with Gasteiger partial charge in [-0.1, -0.05) is 12.1 Å². The average Bonchev–Trinajstić information content (AvgIpc) is 2.61. The number of rotatable bonds is 5. The molecule has 0 unspecified atom stereocenters. The smallest absolute Gasteiger partial charge is 0.248 e. The third kappa shape index (κ3) is 3.66. The minimum Gasteiger partial charge on any atom is -0.493 e. The quantitative estimate of drug-likeness (QED) is 0.851. The van der Waals surface area contributed by atoms with E-state index < -0.39 is 0 Å². The van der Waals surface area contributed by atoms with Gasteiger partial charge in [0, 0.05) is 26.2 Å². The van der Waals surface area contributed by atoms with Gasteiger partial charge in [-0.15, -0.1) is 0 Å². The summed E-state index contributed by atoms with van der Waals surface area (Å²) >= 11 is 0. The fourth-order valence-corrected chi connectivity index (χ4v) is 2.43. The van der Waals surface area contributed by atoms with Crippen LogP contribution in [0.5, 0.6) is 17.4 Å². The van der Waals surface area contributed by atoms with Crippen LogP contribution in [-0.2, 0) is 0 Å². The summed E-state index contributed by atoms with van der Waals surface area (Å²) in [5.74, 6) is 2.01. The van der Waals surface area contributed by atoms with Crippen molar-refractivity contribution < 1.29 is 9.47 Å². The minimum absolute atomic E-state index is 0.297. The van der Waals surface area contributed by atoms with Crippen molar-refractivity contribution >= 4 is 11.5 Å². The predicted molar refractivity (Wildman–Crippen MR) is 92.2 cm³/mol. The zero-order chi connectivity index (χ0) is 16.9. The number of piperazine rings is 1. The number of hydrogen-bond donors (Lipinski definition) is 2. The van der Waals surface area contributed by atoms with E-state index in [4.69, 9.17) is 15.2 Å². The molecule has 24 heavy (non-hydrogen) atoms. The maximum Gasteiger partial charge on any atom is 0.248 e. The van der Waals surface area contributed by atoms with Crippen LogP contribution in [0.4, 0.5) is 11.5 Å². The van der Waals surface area contributed by atoms with Crippen LogP contribution in [0.3, 0.4) is 0 Å². The first-order valence-electron chi connectivity index (χ1n) is 7.79. The number of hydrazine groups is 1. The van der Waals surface area contributed by atoms with Gasteiger partial charge in [0.25, 0.3) is 0 Å². The Balaban J connectivity index is 1.76. The molecule has 3 rings (SSSR count). The number of ether oxygens (including phenoxy) is 2. The number of para-hydroxylation sites is 2. The number of benzene rings is 1. The largest absolute Gasteiger partial charge is 0.493 e. The van der Waals surface area contributed by atoms with Crippen molar-refractivity contribution in [2.24, 2.45) is 0 Å². The van der Waals surface area contributed by atoms with Crippen molar-refractivity contribution in [2.75, 3.05) is 51.5 Å². The Morgan fingerprint density at radius 3 is 2.50 bits per heavy atom. The first-order chi connectivity index (χ1) is 11.7. The molecule has 8 nitrogen and oxygen atoms in total. The van der Waals surface area contributed by atoms with E-state index >= 15 is 0 Å². The lowest BCUT2D eigenvalue weighted by Gasteiger charge is -2.32. The molecule has 1 aromatic heterocycles. The van der Waals surface area contributed by atoms with Crippen LogP contribution in [-0.4, -0.2) is 60.2 Å². The zero-order valence-electron chi connectivity index (χ0n) is 13.9. The first kappa shape index (κ1) is 16.3. The Hall–Kier alpha value is -2.58. The summed E-state index contributed by atoms with van der Waals surface area (Å²) in [6, 6.07) is 7.35. The maximum atomic E-state index is 6.18. The first-order valence-corrected chi connectivity index (χ1v) is 7.79. The Kier molecular flexibility index (Phi) is 4.97. The van der Waals surface area contributed by atoms with Crippen molar-refractivity contribution in [2.45, 2.75) is 0 Å². The van der Waals surface area contributed by atoms with Crippen molar-refractivity contribution in [3.63, 3.8) is 0 Å². The van der Waals surface area contributed by atoms with E-state index in [0.29, 0.717) is 28.9 Å². The second-order valence-electron chi connectivity index (χ2n) is 5.60. The highest BCUT2D eigenvalue weighted by Crippen LogP contribution is 2.34. The lowest BCUT2D eigenvalue weighted by molar-refractivity contribution is 0.178. The summed E-state index contributed by atoms with van der Waals surface area (Å²) in [7, 11) is 3.70. The number of nitrogens with two attached hydrogens (primary N) is 1. The second kappa shape index (κ2) is 7.33. The molecule has 8 heteroatoms. The molecular formula is C16H22N6O2. The van der Waals surface area contributed by atoms with Gasteiger partial charge in [-0.2, -0.15) is 4.98 Å². The standard InChI is InChI=1S/C16H22N6O2/c1-21-7-9-22(10-8-21)20-15-14(17)16(19-11-18-15)24-13-6-4-3-5-12(13)23-2/h3-6,11H,7-10,17H2,1-2H3,(H,18,19,20). The minimum atomic E-state index is 0.297. The highest BCUT2D eigenvalue weighted by Gasteiger charge is 2.17. The van der Waals surface area contributed by atoms with Gasteiger partial charge in [0.15, 0.2) is 17.3 Å². The normalized spacial score (nSPS) is 15.9. The van der Waals surface area contributed by atoms with Gasteiger partial charge in [-0.3, -0.25) is 0 Å². The maximum absolute atomic E-state index is 6.18. The Bertz CT molecular complexity index is 688. The highest BCUT2D eigenvalue weighted by atomic mass is 16.5. The predicted octanol–water partition coefficient (Wildman–Crippen LogP) is 1.43. The molecule has 0 amide bonds. The van der Waals surface area contributed by atoms with Crippen LogP contribution in [0.1, 0.15) is 0 Å². The number of likely N-dealkylation sites (N-methyl/N-ethyl adjacent to an activating group) is 1. The van der Waals surface area contributed by atoms with E-state index in [1.165, 1.54) is 6.33 Å². The number of aromatic nitrogens is 2. The summed E-state index contributed by atoms with van der Waals surface area (Å²) in [5, 5.41) is 2.09. The number of hydrogen-bond acceptors (Lipinski definition) is 8. The molecule has 1 saturated heterocycles. The Morgan fingerprint density at radius 2 is 1.79 bits per heavy atom. The molecule has 2 aromatic rings. The molecule has 0 radical (unpaired) electrons. The number of nitrogens with zero attached hydrogens (tertiary/aromatic N) is 4. The fourth-order valence-electron chi connectivity index (χ4n) is 2.43. The van der Waals surface area contributed by atoms with Gasteiger partial charge in [0.05, 0.1) is 7.11 Å². The van der Waals surface area contributed by atoms with Crippen molar-refractivity contribution in [3.8, 4) is 17.4 Å². The molecule has 0 spiro atoms. The lowest BCUT2D eigenvalue weighted by Crippen LogP contribution is -2.47. The van der Waals surface area contributed by atoms with E-state index in [0.717, 1.165) is 26.2 Å². The highest BCUT2D eigenvalue weighted by molar-refractivity contribution is 5.66. The molecule has 0 saturated carbocycles. The number of anilines is 2. The third-order valence-corrected chi connectivity index (χ3v) is 3.89. The molecule has 1 fully saturated rings. The fraction of sp³-hybridized carbons (Fsp3) is 0.375. The van der Waals surface area contributed by atoms with Gasteiger partial charge >= 0.3 is 0 Å². The molecule has 0 bridgehead atoms. The summed E-state index contributed by atoms with van der Waals surface area (Å²) in [4.78, 5) is 10.6. The lowest BCUT2D eigenvalue weighted by atomic mass is 10.3. The molecular weight excluding hydrogens is 308 g/mol. The van der Waals surface area contributed by atoms with Crippen LogP contribution in [0.25, 0.3) is 0 Å². The molecule has 2 heterocycles. The van der Waals surface area contributed by atoms with E-state index in [9.17, 15) is 0 Å². The molecule has 1 aromatic carbocycles. The molecule has 128 valence electrons. The summed E-state index contributed by atoms with van der Waals surface area (Å²) < 4.78 is 11.1. The van der Waals surface area contributed by atoms with Crippen molar-refractivity contribution in [1.82, 2.24) is 19.9 Å². The van der Waals surface area contributed by atoms with E-state index in [2.05, 4.69) is 32.4 Å². The van der Waals surface area contributed by atoms with Gasteiger partial charge < -0.3 is 25.5 Å². The summed E-state index contributed by atoms with van der Waals surface area (Å²) in [6.45, 7) is 3.76.